The summed E-state index contributed by atoms with van der Waals surface area (Å²) in [5.74, 6) is 0. The van der Waals surface area contributed by atoms with Gasteiger partial charge in [-0.15, -0.1) is 0 Å². The van der Waals surface area contributed by atoms with Crippen molar-refractivity contribution in [2.24, 2.45) is 5.41 Å². The lowest BCUT2D eigenvalue weighted by molar-refractivity contribution is 0.149. The van der Waals surface area contributed by atoms with Gasteiger partial charge in [0.2, 0.25) is 0 Å². The van der Waals surface area contributed by atoms with E-state index in [9.17, 15) is 8.78 Å². The SMILES string of the molecule is Cc1cccc(C(F)F)c1CCC1(C)CCN(Cc2ccccc2)C1. The predicted molar refractivity (Wildman–Crippen MR) is 98.9 cm³/mol. The van der Waals surface area contributed by atoms with Gasteiger partial charge in [-0.3, -0.25) is 4.90 Å². The first-order chi connectivity index (χ1) is 12.0. The zero-order valence-electron chi connectivity index (χ0n) is 15.1. The molecular weight excluding hydrogens is 316 g/mol. The summed E-state index contributed by atoms with van der Waals surface area (Å²) in [4.78, 5) is 2.49. The number of aryl methyl sites for hydroxylation is 1. The molecule has 1 fully saturated rings. The second-order valence-electron chi connectivity index (χ2n) is 7.70. The summed E-state index contributed by atoms with van der Waals surface area (Å²) >= 11 is 0. The molecule has 0 aliphatic carbocycles. The van der Waals surface area contributed by atoms with Crippen molar-refractivity contribution in [1.82, 2.24) is 4.90 Å². The summed E-state index contributed by atoms with van der Waals surface area (Å²) in [6, 6.07) is 15.8. The van der Waals surface area contributed by atoms with Gasteiger partial charge >= 0.3 is 0 Å². The van der Waals surface area contributed by atoms with Gasteiger partial charge in [0.25, 0.3) is 6.43 Å². The highest BCUT2D eigenvalue weighted by molar-refractivity contribution is 5.35. The minimum Gasteiger partial charge on any atom is -0.299 e. The molecule has 1 nitrogen and oxygen atoms in total. The molecule has 0 saturated carbocycles. The van der Waals surface area contributed by atoms with Crippen LogP contribution in [0.25, 0.3) is 0 Å². The van der Waals surface area contributed by atoms with Gasteiger partial charge in [0.05, 0.1) is 0 Å². The molecule has 3 rings (SSSR count). The molecule has 1 aliphatic rings. The minimum absolute atomic E-state index is 0.205. The topological polar surface area (TPSA) is 3.24 Å². The average molecular weight is 343 g/mol. The molecule has 0 amide bonds. The smallest absolute Gasteiger partial charge is 0.264 e. The average Bonchev–Trinajstić information content (AvgIpc) is 2.95. The highest BCUT2D eigenvalue weighted by Gasteiger charge is 2.33. The highest BCUT2D eigenvalue weighted by Crippen LogP contribution is 2.37. The maximum Gasteiger partial charge on any atom is 0.264 e. The standard InChI is InChI=1S/C22H27F2N/c1-17-7-6-10-20(21(23)24)19(17)11-12-22(2)13-14-25(16-22)15-18-8-4-3-5-9-18/h3-10,21H,11-16H2,1-2H3. The largest absolute Gasteiger partial charge is 0.299 e. The van der Waals surface area contributed by atoms with E-state index < -0.39 is 6.43 Å². The van der Waals surface area contributed by atoms with E-state index in [0.29, 0.717) is 0 Å². The maximum absolute atomic E-state index is 13.3. The summed E-state index contributed by atoms with van der Waals surface area (Å²) in [5.41, 5.74) is 3.59. The van der Waals surface area contributed by atoms with Gasteiger partial charge in [-0.2, -0.15) is 0 Å². The molecule has 25 heavy (non-hydrogen) atoms. The van der Waals surface area contributed by atoms with E-state index in [4.69, 9.17) is 0 Å². The lowest BCUT2D eigenvalue weighted by Crippen LogP contribution is -2.25. The molecule has 1 saturated heterocycles. The Kier molecular flexibility index (Phi) is 5.53. The number of likely N-dealkylation sites (tertiary alicyclic amines) is 1. The molecular formula is C22H27F2N. The summed E-state index contributed by atoms with van der Waals surface area (Å²) in [5, 5.41) is 0. The Balaban J connectivity index is 1.62. The number of rotatable bonds is 6. The highest BCUT2D eigenvalue weighted by atomic mass is 19.3. The van der Waals surface area contributed by atoms with Crippen molar-refractivity contribution in [3.8, 4) is 0 Å². The van der Waals surface area contributed by atoms with Gasteiger partial charge in [0, 0.05) is 18.7 Å². The summed E-state index contributed by atoms with van der Waals surface area (Å²) < 4.78 is 26.6. The van der Waals surface area contributed by atoms with E-state index >= 15 is 0 Å². The lowest BCUT2D eigenvalue weighted by atomic mass is 9.82. The van der Waals surface area contributed by atoms with Gasteiger partial charge in [0.15, 0.2) is 0 Å². The van der Waals surface area contributed by atoms with Crippen LogP contribution in [0.2, 0.25) is 0 Å². The number of hydrogen-bond donors (Lipinski definition) is 0. The fraction of sp³-hybridized carbons (Fsp3) is 0.455. The Morgan fingerprint density at radius 1 is 1.08 bits per heavy atom. The van der Waals surface area contributed by atoms with E-state index in [2.05, 4.69) is 36.1 Å². The Bertz CT molecular complexity index is 698. The van der Waals surface area contributed by atoms with Crippen molar-refractivity contribution >= 4 is 0 Å². The minimum atomic E-state index is -2.39. The molecule has 1 aliphatic heterocycles. The van der Waals surface area contributed by atoms with Crippen molar-refractivity contribution in [2.45, 2.75) is 46.1 Å². The second kappa shape index (κ2) is 7.65. The summed E-state index contributed by atoms with van der Waals surface area (Å²) in [6.45, 7) is 7.35. The maximum atomic E-state index is 13.3. The van der Waals surface area contributed by atoms with Gasteiger partial charge in [-0.1, -0.05) is 55.5 Å². The Labute approximate surface area is 149 Å². The zero-order chi connectivity index (χ0) is 17.9. The molecule has 1 unspecified atom stereocenters. The Hall–Kier alpha value is -1.74. The van der Waals surface area contributed by atoms with Crippen LogP contribution < -0.4 is 0 Å². The van der Waals surface area contributed by atoms with E-state index in [1.54, 1.807) is 12.1 Å². The second-order valence-corrected chi connectivity index (χ2v) is 7.70. The van der Waals surface area contributed by atoms with Crippen LogP contribution in [0.1, 0.15) is 48.4 Å². The third-order valence-electron chi connectivity index (χ3n) is 5.55. The van der Waals surface area contributed by atoms with Crippen molar-refractivity contribution < 1.29 is 8.78 Å². The van der Waals surface area contributed by atoms with Crippen molar-refractivity contribution in [1.29, 1.82) is 0 Å². The first kappa shape index (κ1) is 18.1. The lowest BCUT2D eigenvalue weighted by Gasteiger charge is -2.26. The molecule has 2 aromatic rings. The fourth-order valence-electron chi connectivity index (χ4n) is 4.00. The van der Waals surface area contributed by atoms with Crippen molar-refractivity contribution in [3.63, 3.8) is 0 Å². The quantitative estimate of drug-likeness (QED) is 0.643. The molecule has 134 valence electrons. The third-order valence-corrected chi connectivity index (χ3v) is 5.55. The monoisotopic (exact) mass is 343 g/mol. The van der Waals surface area contributed by atoms with Gasteiger partial charge in [-0.25, -0.2) is 8.78 Å². The Morgan fingerprint density at radius 2 is 1.84 bits per heavy atom. The molecule has 3 heteroatoms. The van der Waals surface area contributed by atoms with Gasteiger partial charge in [0.1, 0.15) is 0 Å². The molecule has 0 radical (unpaired) electrons. The van der Waals surface area contributed by atoms with Crippen LogP contribution in [0, 0.1) is 12.3 Å². The predicted octanol–water partition coefficient (Wildman–Crippen LogP) is 5.78. The number of nitrogens with zero attached hydrogens (tertiary/aromatic N) is 1. The summed E-state index contributed by atoms with van der Waals surface area (Å²) in [6.07, 6.45) is 0.446. The van der Waals surface area contributed by atoms with Crippen molar-refractivity contribution in [2.75, 3.05) is 13.1 Å². The first-order valence-corrected chi connectivity index (χ1v) is 9.10. The molecule has 0 aromatic heterocycles. The molecule has 0 bridgehead atoms. The molecule has 0 N–H and O–H groups in total. The molecule has 2 aromatic carbocycles. The third kappa shape index (κ3) is 4.46. The number of benzene rings is 2. The van der Waals surface area contributed by atoms with Crippen molar-refractivity contribution in [3.05, 3.63) is 70.8 Å². The van der Waals surface area contributed by atoms with Crippen LogP contribution in [0.5, 0.6) is 0 Å². The van der Waals surface area contributed by atoms with Gasteiger partial charge in [-0.05, 0) is 54.8 Å². The fourth-order valence-corrected chi connectivity index (χ4v) is 4.00. The van der Waals surface area contributed by atoms with E-state index in [0.717, 1.165) is 50.0 Å². The van der Waals surface area contributed by atoms with Crippen LogP contribution >= 0.6 is 0 Å². The number of halogens is 2. The normalized spacial score (nSPS) is 21.2. The van der Waals surface area contributed by atoms with E-state index in [1.165, 1.54) is 5.56 Å². The van der Waals surface area contributed by atoms with E-state index in [-0.39, 0.29) is 11.0 Å². The summed E-state index contributed by atoms with van der Waals surface area (Å²) in [7, 11) is 0. The van der Waals surface area contributed by atoms with Crippen LogP contribution in [-0.2, 0) is 13.0 Å². The van der Waals surface area contributed by atoms with Crippen LogP contribution in [-0.4, -0.2) is 18.0 Å². The first-order valence-electron chi connectivity index (χ1n) is 9.10. The number of alkyl halides is 2. The van der Waals surface area contributed by atoms with Crippen LogP contribution in [0.15, 0.2) is 48.5 Å². The Morgan fingerprint density at radius 3 is 2.56 bits per heavy atom. The van der Waals surface area contributed by atoms with Crippen LogP contribution in [0.3, 0.4) is 0 Å². The van der Waals surface area contributed by atoms with Crippen LogP contribution in [0.4, 0.5) is 8.78 Å². The zero-order valence-corrected chi connectivity index (χ0v) is 15.1. The number of hydrogen-bond acceptors (Lipinski definition) is 1. The molecule has 1 heterocycles. The van der Waals surface area contributed by atoms with Gasteiger partial charge < -0.3 is 0 Å². The molecule has 1 atom stereocenters. The molecule has 0 spiro atoms. The van der Waals surface area contributed by atoms with E-state index in [1.807, 2.05) is 19.1 Å².